The number of anilines is 1. The van der Waals surface area contributed by atoms with Crippen LogP contribution >= 0.6 is 0 Å². The highest BCUT2D eigenvalue weighted by molar-refractivity contribution is 5.96. The SMILES string of the molecule is CCCCOC(=O)CCN1CCN(Cc2ccc(N3CC(N4CCC(=O)NC4=O)C3)nc2)CC1. The Labute approximate surface area is 201 Å². The summed E-state index contributed by atoms with van der Waals surface area (Å²) in [4.78, 5) is 48.4. The van der Waals surface area contributed by atoms with Gasteiger partial charge < -0.3 is 19.4 Å². The molecule has 0 aromatic carbocycles. The van der Waals surface area contributed by atoms with Crippen LogP contribution in [0.2, 0.25) is 0 Å². The van der Waals surface area contributed by atoms with E-state index >= 15 is 0 Å². The number of unbranched alkanes of at least 4 members (excludes halogenated alkanes) is 1. The molecular weight excluding hydrogens is 436 g/mol. The lowest BCUT2D eigenvalue weighted by atomic mass is 10.1. The Morgan fingerprint density at radius 1 is 1.12 bits per heavy atom. The van der Waals surface area contributed by atoms with Gasteiger partial charge in [-0.15, -0.1) is 0 Å². The van der Waals surface area contributed by atoms with Crippen molar-refractivity contribution < 1.29 is 19.1 Å². The standard InChI is InChI=1S/C24H36N6O4/c1-2-3-14-34-23(32)7-8-27-10-12-28(13-11-27)16-19-4-5-21(25-15-19)29-17-20(18-29)30-9-6-22(31)26-24(30)33/h4-5,15,20H,2-3,6-14,16-18H2,1H3,(H,26,31,33). The highest BCUT2D eigenvalue weighted by Gasteiger charge is 2.37. The predicted molar refractivity (Wildman–Crippen MR) is 127 cm³/mol. The van der Waals surface area contributed by atoms with Crippen LogP contribution in [0.15, 0.2) is 18.3 Å². The van der Waals surface area contributed by atoms with Gasteiger partial charge in [0.1, 0.15) is 5.82 Å². The second kappa shape index (κ2) is 11.6. The minimum absolute atomic E-state index is 0.0927. The first-order valence-electron chi connectivity index (χ1n) is 12.4. The Kier molecular flexibility index (Phi) is 8.34. The Morgan fingerprint density at radius 3 is 2.56 bits per heavy atom. The second-order valence-corrected chi connectivity index (χ2v) is 9.32. The maximum absolute atomic E-state index is 12.0. The number of rotatable bonds is 10. The summed E-state index contributed by atoms with van der Waals surface area (Å²) in [6.45, 7) is 10.1. The topological polar surface area (TPSA) is 98.3 Å². The number of urea groups is 1. The van der Waals surface area contributed by atoms with E-state index in [4.69, 9.17) is 4.74 Å². The number of piperazine rings is 1. The van der Waals surface area contributed by atoms with E-state index in [-0.39, 0.29) is 23.9 Å². The number of carbonyl (C=O) groups is 3. The van der Waals surface area contributed by atoms with Crippen molar-refractivity contribution >= 4 is 23.7 Å². The second-order valence-electron chi connectivity index (χ2n) is 9.32. The number of hydrogen-bond donors (Lipinski definition) is 1. The van der Waals surface area contributed by atoms with Crippen LogP contribution in [0.1, 0.15) is 38.2 Å². The molecule has 4 rings (SSSR count). The number of ether oxygens (including phenoxy) is 1. The fourth-order valence-electron chi connectivity index (χ4n) is 4.54. The molecule has 3 fully saturated rings. The van der Waals surface area contributed by atoms with Gasteiger partial charge in [0, 0.05) is 71.5 Å². The van der Waals surface area contributed by atoms with Gasteiger partial charge in [0.2, 0.25) is 5.91 Å². The third kappa shape index (κ3) is 6.44. The van der Waals surface area contributed by atoms with Crippen LogP contribution < -0.4 is 10.2 Å². The van der Waals surface area contributed by atoms with E-state index < -0.39 is 0 Å². The lowest BCUT2D eigenvalue weighted by Crippen LogP contribution is -2.65. The Hall–Kier alpha value is -2.72. The Morgan fingerprint density at radius 2 is 1.88 bits per heavy atom. The summed E-state index contributed by atoms with van der Waals surface area (Å²) >= 11 is 0. The summed E-state index contributed by atoms with van der Waals surface area (Å²) in [6.07, 6.45) is 4.74. The molecule has 3 aliphatic rings. The van der Waals surface area contributed by atoms with E-state index in [1.54, 1.807) is 4.90 Å². The van der Waals surface area contributed by atoms with Gasteiger partial charge in [-0.3, -0.25) is 19.8 Å². The molecule has 0 saturated carbocycles. The minimum Gasteiger partial charge on any atom is -0.466 e. The van der Waals surface area contributed by atoms with Crippen LogP contribution in [-0.2, 0) is 20.9 Å². The average molecular weight is 473 g/mol. The minimum atomic E-state index is -0.281. The van der Waals surface area contributed by atoms with Crippen molar-refractivity contribution in [3.8, 4) is 0 Å². The van der Waals surface area contributed by atoms with Crippen molar-refractivity contribution in [3.63, 3.8) is 0 Å². The Bertz CT molecular complexity index is 850. The summed E-state index contributed by atoms with van der Waals surface area (Å²) in [7, 11) is 0. The molecule has 0 atom stereocenters. The third-order valence-electron chi connectivity index (χ3n) is 6.79. The van der Waals surface area contributed by atoms with Crippen LogP contribution in [0.3, 0.4) is 0 Å². The zero-order valence-corrected chi connectivity index (χ0v) is 20.1. The van der Waals surface area contributed by atoms with Crippen molar-refractivity contribution in [3.05, 3.63) is 23.9 Å². The number of carbonyl (C=O) groups excluding carboxylic acids is 3. The van der Waals surface area contributed by atoms with E-state index in [2.05, 4.69) is 38.0 Å². The number of aromatic nitrogens is 1. The van der Waals surface area contributed by atoms with E-state index in [1.165, 1.54) is 5.56 Å². The van der Waals surface area contributed by atoms with Gasteiger partial charge in [0.05, 0.1) is 19.1 Å². The van der Waals surface area contributed by atoms with E-state index in [9.17, 15) is 14.4 Å². The summed E-state index contributed by atoms with van der Waals surface area (Å²) in [5.41, 5.74) is 1.18. The molecule has 10 nitrogen and oxygen atoms in total. The number of hydrogen-bond acceptors (Lipinski definition) is 8. The molecule has 1 N–H and O–H groups in total. The van der Waals surface area contributed by atoms with Gasteiger partial charge in [-0.1, -0.05) is 19.4 Å². The number of amides is 3. The summed E-state index contributed by atoms with van der Waals surface area (Å²) in [6, 6.07) is 4.02. The van der Waals surface area contributed by atoms with Crippen molar-refractivity contribution in [2.75, 3.05) is 63.9 Å². The number of esters is 1. The van der Waals surface area contributed by atoms with Gasteiger partial charge in [-0.2, -0.15) is 0 Å². The van der Waals surface area contributed by atoms with Gasteiger partial charge in [0.15, 0.2) is 0 Å². The molecule has 1 aromatic heterocycles. The zero-order valence-electron chi connectivity index (χ0n) is 20.1. The highest BCUT2D eigenvalue weighted by Crippen LogP contribution is 2.23. The molecular formula is C24H36N6O4. The van der Waals surface area contributed by atoms with Crippen LogP contribution in [0.25, 0.3) is 0 Å². The maximum Gasteiger partial charge on any atom is 0.324 e. The number of nitrogens with one attached hydrogen (secondary N) is 1. The molecule has 34 heavy (non-hydrogen) atoms. The normalized spacial score (nSPS) is 20.3. The molecule has 0 radical (unpaired) electrons. The molecule has 3 amide bonds. The first-order valence-corrected chi connectivity index (χ1v) is 12.4. The van der Waals surface area contributed by atoms with Crippen molar-refractivity contribution in [2.24, 2.45) is 0 Å². The van der Waals surface area contributed by atoms with Crippen LogP contribution in [-0.4, -0.2) is 103 Å². The molecule has 3 saturated heterocycles. The van der Waals surface area contributed by atoms with Crippen molar-refractivity contribution in [2.45, 2.75) is 45.2 Å². The van der Waals surface area contributed by atoms with Crippen LogP contribution in [0, 0.1) is 0 Å². The largest absolute Gasteiger partial charge is 0.466 e. The fraction of sp³-hybridized carbons (Fsp3) is 0.667. The first kappa shape index (κ1) is 24.4. The summed E-state index contributed by atoms with van der Waals surface area (Å²) < 4.78 is 5.24. The van der Waals surface area contributed by atoms with Gasteiger partial charge >= 0.3 is 12.0 Å². The van der Waals surface area contributed by atoms with Gasteiger partial charge in [-0.25, -0.2) is 9.78 Å². The molecule has 3 aliphatic heterocycles. The third-order valence-corrected chi connectivity index (χ3v) is 6.79. The number of pyridine rings is 1. The molecule has 0 aliphatic carbocycles. The molecule has 4 heterocycles. The van der Waals surface area contributed by atoms with E-state index in [0.29, 0.717) is 26.0 Å². The Balaban J connectivity index is 1.14. The molecule has 1 aromatic rings. The van der Waals surface area contributed by atoms with E-state index in [0.717, 1.165) is 71.0 Å². The number of imide groups is 1. The first-order chi connectivity index (χ1) is 16.5. The summed E-state index contributed by atoms with van der Waals surface area (Å²) in [5.74, 6) is 0.632. The number of nitrogens with zero attached hydrogens (tertiary/aromatic N) is 5. The van der Waals surface area contributed by atoms with Crippen molar-refractivity contribution in [1.82, 2.24) is 25.0 Å². The molecule has 0 spiro atoms. The fourth-order valence-corrected chi connectivity index (χ4v) is 4.54. The maximum atomic E-state index is 12.0. The molecule has 0 unspecified atom stereocenters. The lowest BCUT2D eigenvalue weighted by Gasteiger charge is -2.46. The van der Waals surface area contributed by atoms with Crippen molar-refractivity contribution in [1.29, 1.82) is 0 Å². The van der Waals surface area contributed by atoms with Crippen LogP contribution in [0.4, 0.5) is 10.6 Å². The zero-order chi connectivity index (χ0) is 23.9. The average Bonchev–Trinajstić information content (AvgIpc) is 2.80. The quantitative estimate of drug-likeness (QED) is 0.399. The monoisotopic (exact) mass is 472 g/mol. The lowest BCUT2D eigenvalue weighted by molar-refractivity contribution is -0.144. The molecule has 10 heteroatoms. The summed E-state index contributed by atoms with van der Waals surface area (Å²) in [5, 5.41) is 2.39. The highest BCUT2D eigenvalue weighted by atomic mass is 16.5. The molecule has 186 valence electrons. The smallest absolute Gasteiger partial charge is 0.324 e. The van der Waals surface area contributed by atoms with E-state index in [1.807, 2.05) is 12.3 Å². The van der Waals surface area contributed by atoms with Gasteiger partial charge in [0.25, 0.3) is 0 Å². The molecule has 0 bridgehead atoms. The predicted octanol–water partition coefficient (Wildman–Crippen LogP) is 1.06. The van der Waals surface area contributed by atoms with Gasteiger partial charge in [-0.05, 0) is 18.1 Å². The van der Waals surface area contributed by atoms with Crippen LogP contribution in [0.5, 0.6) is 0 Å².